The van der Waals surface area contributed by atoms with E-state index in [-0.39, 0.29) is 5.82 Å². The van der Waals surface area contributed by atoms with Gasteiger partial charge in [-0.2, -0.15) is 0 Å². The van der Waals surface area contributed by atoms with E-state index in [0.717, 1.165) is 9.26 Å². The van der Waals surface area contributed by atoms with Crippen LogP contribution in [-0.4, -0.2) is 9.97 Å². The molecule has 1 aromatic carbocycles. The molecule has 1 heterocycles. The molecule has 0 bridgehead atoms. The van der Waals surface area contributed by atoms with Crippen LogP contribution in [0, 0.1) is 9.39 Å². The molecule has 15 heavy (non-hydrogen) atoms. The summed E-state index contributed by atoms with van der Waals surface area (Å²) in [5.74, 6) is 0.242. The summed E-state index contributed by atoms with van der Waals surface area (Å²) >= 11 is 2.13. The highest BCUT2D eigenvalue weighted by atomic mass is 127. The van der Waals surface area contributed by atoms with E-state index in [1.165, 1.54) is 12.1 Å². The van der Waals surface area contributed by atoms with Gasteiger partial charge in [0.15, 0.2) is 0 Å². The molecule has 5 heteroatoms. The van der Waals surface area contributed by atoms with E-state index in [9.17, 15) is 4.39 Å². The quantitative estimate of drug-likeness (QED) is 0.866. The first-order chi connectivity index (χ1) is 7.24. The van der Waals surface area contributed by atoms with Gasteiger partial charge in [-0.25, -0.2) is 14.4 Å². The molecule has 0 saturated carbocycles. The Bertz CT molecular complexity index is 398. The van der Waals surface area contributed by atoms with Gasteiger partial charge >= 0.3 is 0 Å². The first-order valence-corrected chi connectivity index (χ1v) is 5.32. The summed E-state index contributed by atoms with van der Waals surface area (Å²) in [6, 6.07) is 6.04. The summed E-state index contributed by atoms with van der Waals surface area (Å²) in [6.45, 7) is 0. The zero-order valence-electron chi connectivity index (χ0n) is 7.61. The molecular weight excluding hydrogens is 308 g/mol. The second-order valence-electron chi connectivity index (χ2n) is 2.86. The molecule has 1 aromatic heterocycles. The highest BCUT2D eigenvalue weighted by Gasteiger charge is 1.97. The number of nitrogens with one attached hydrogen (secondary N) is 1. The minimum atomic E-state index is -0.260. The van der Waals surface area contributed by atoms with Gasteiger partial charge in [0.1, 0.15) is 5.82 Å². The van der Waals surface area contributed by atoms with Crippen molar-refractivity contribution in [1.29, 1.82) is 0 Å². The van der Waals surface area contributed by atoms with Crippen molar-refractivity contribution < 1.29 is 4.39 Å². The lowest BCUT2D eigenvalue weighted by molar-refractivity contribution is 0.628. The van der Waals surface area contributed by atoms with E-state index in [0.29, 0.717) is 5.95 Å². The first kappa shape index (κ1) is 10.3. The van der Waals surface area contributed by atoms with Crippen LogP contribution in [-0.2, 0) is 0 Å². The van der Waals surface area contributed by atoms with Gasteiger partial charge in [-0.15, -0.1) is 0 Å². The van der Waals surface area contributed by atoms with Crippen molar-refractivity contribution in [3.05, 3.63) is 46.0 Å². The van der Waals surface area contributed by atoms with Crippen LogP contribution in [0.5, 0.6) is 0 Å². The van der Waals surface area contributed by atoms with Crippen molar-refractivity contribution in [1.82, 2.24) is 9.97 Å². The lowest BCUT2D eigenvalue weighted by atomic mass is 10.3. The fourth-order valence-corrected chi connectivity index (χ4v) is 1.32. The third-order valence-corrected chi connectivity index (χ3v) is 2.28. The van der Waals surface area contributed by atoms with E-state index in [1.54, 1.807) is 24.5 Å². The average molecular weight is 315 g/mol. The molecular formula is C10H7FIN3. The van der Waals surface area contributed by atoms with Crippen LogP contribution in [0.15, 0.2) is 36.7 Å². The lowest BCUT2D eigenvalue weighted by Gasteiger charge is -2.03. The minimum Gasteiger partial charge on any atom is -0.324 e. The molecule has 0 unspecified atom stereocenters. The van der Waals surface area contributed by atoms with E-state index in [2.05, 4.69) is 37.9 Å². The van der Waals surface area contributed by atoms with Crippen LogP contribution in [0.4, 0.5) is 16.0 Å². The van der Waals surface area contributed by atoms with Crippen LogP contribution in [0.2, 0.25) is 0 Å². The van der Waals surface area contributed by atoms with Gasteiger partial charge in [-0.05, 0) is 46.9 Å². The highest BCUT2D eigenvalue weighted by molar-refractivity contribution is 14.1. The van der Waals surface area contributed by atoms with E-state index in [4.69, 9.17) is 0 Å². The molecule has 0 saturated heterocycles. The van der Waals surface area contributed by atoms with Gasteiger partial charge in [0.05, 0.1) is 0 Å². The Hall–Kier alpha value is -1.24. The Morgan fingerprint density at radius 3 is 2.27 bits per heavy atom. The molecule has 0 atom stereocenters. The predicted octanol–water partition coefficient (Wildman–Crippen LogP) is 2.96. The van der Waals surface area contributed by atoms with Gasteiger partial charge in [0.2, 0.25) is 5.95 Å². The fraction of sp³-hybridized carbons (Fsp3) is 0. The second-order valence-corrected chi connectivity index (χ2v) is 4.10. The number of rotatable bonds is 2. The third-order valence-electron chi connectivity index (χ3n) is 1.72. The summed E-state index contributed by atoms with van der Waals surface area (Å²) in [6.07, 6.45) is 3.42. The summed E-state index contributed by atoms with van der Waals surface area (Å²) in [7, 11) is 0. The second kappa shape index (κ2) is 4.52. The van der Waals surface area contributed by atoms with Crippen molar-refractivity contribution in [2.24, 2.45) is 0 Å². The van der Waals surface area contributed by atoms with Crippen LogP contribution in [0.25, 0.3) is 0 Å². The van der Waals surface area contributed by atoms with Gasteiger partial charge < -0.3 is 5.32 Å². The first-order valence-electron chi connectivity index (χ1n) is 4.24. The number of nitrogens with zero attached hydrogens (tertiary/aromatic N) is 2. The Morgan fingerprint density at radius 1 is 1.07 bits per heavy atom. The largest absolute Gasteiger partial charge is 0.324 e. The lowest BCUT2D eigenvalue weighted by Crippen LogP contribution is -1.96. The number of hydrogen-bond acceptors (Lipinski definition) is 3. The summed E-state index contributed by atoms with van der Waals surface area (Å²) in [5, 5.41) is 2.97. The molecule has 0 amide bonds. The number of aromatic nitrogens is 2. The van der Waals surface area contributed by atoms with Crippen LogP contribution in [0.3, 0.4) is 0 Å². The van der Waals surface area contributed by atoms with E-state index < -0.39 is 0 Å². The molecule has 3 nitrogen and oxygen atoms in total. The Balaban J connectivity index is 2.15. The topological polar surface area (TPSA) is 37.8 Å². The monoisotopic (exact) mass is 315 g/mol. The third kappa shape index (κ3) is 2.85. The molecule has 2 aromatic rings. The zero-order valence-corrected chi connectivity index (χ0v) is 9.77. The number of halogens is 2. The molecule has 0 spiro atoms. The summed E-state index contributed by atoms with van der Waals surface area (Å²) < 4.78 is 13.6. The summed E-state index contributed by atoms with van der Waals surface area (Å²) in [4.78, 5) is 8.15. The van der Waals surface area contributed by atoms with Gasteiger partial charge in [0, 0.05) is 21.7 Å². The molecule has 2 rings (SSSR count). The minimum absolute atomic E-state index is 0.260. The van der Waals surface area contributed by atoms with Gasteiger partial charge in [0.25, 0.3) is 0 Å². The predicted molar refractivity (Wildman–Crippen MR) is 64.4 cm³/mol. The van der Waals surface area contributed by atoms with Gasteiger partial charge in [-0.1, -0.05) is 0 Å². The van der Waals surface area contributed by atoms with Crippen LogP contribution < -0.4 is 5.32 Å². The maximum absolute atomic E-state index is 12.6. The molecule has 0 radical (unpaired) electrons. The highest BCUT2D eigenvalue weighted by Crippen LogP contribution is 2.13. The molecule has 0 aliphatic rings. The van der Waals surface area contributed by atoms with Crippen molar-refractivity contribution in [2.45, 2.75) is 0 Å². The number of benzene rings is 1. The molecule has 76 valence electrons. The molecule has 0 fully saturated rings. The van der Waals surface area contributed by atoms with Crippen molar-refractivity contribution in [3.63, 3.8) is 0 Å². The SMILES string of the molecule is Fc1ccc(Nc2ncc(I)cn2)cc1. The van der Waals surface area contributed by atoms with Gasteiger partial charge in [-0.3, -0.25) is 0 Å². The Kier molecular flexibility index (Phi) is 3.10. The van der Waals surface area contributed by atoms with Crippen molar-refractivity contribution in [2.75, 3.05) is 5.32 Å². The zero-order chi connectivity index (χ0) is 10.7. The van der Waals surface area contributed by atoms with E-state index in [1.807, 2.05) is 0 Å². The average Bonchev–Trinajstić information content (AvgIpc) is 2.25. The van der Waals surface area contributed by atoms with Crippen molar-refractivity contribution in [3.8, 4) is 0 Å². The fourth-order valence-electron chi connectivity index (χ4n) is 1.04. The maximum Gasteiger partial charge on any atom is 0.227 e. The van der Waals surface area contributed by atoms with E-state index >= 15 is 0 Å². The summed E-state index contributed by atoms with van der Waals surface area (Å²) in [5.41, 5.74) is 0.762. The normalized spacial score (nSPS) is 10.0. The van der Waals surface area contributed by atoms with Crippen LogP contribution in [0.1, 0.15) is 0 Å². The maximum atomic E-state index is 12.6. The smallest absolute Gasteiger partial charge is 0.227 e. The molecule has 0 aliphatic carbocycles. The number of hydrogen-bond donors (Lipinski definition) is 1. The molecule has 1 N–H and O–H groups in total. The number of anilines is 2. The Morgan fingerprint density at radius 2 is 1.67 bits per heavy atom. The standard InChI is InChI=1S/C10H7FIN3/c11-7-1-3-9(4-2-7)15-10-13-5-8(12)6-14-10/h1-6H,(H,13,14,15). The molecule has 0 aliphatic heterocycles. The Labute approximate surface area is 99.9 Å². The van der Waals surface area contributed by atoms with Crippen LogP contribution >= 0.6 is 22.6 Å². The van der Waals surface area contributed by atoms with Crippen molar-refractivity contribution >= 4 is 34.2 Å².